The first-order valence-electron chi connectivity index (χ1n) is 5.08. The fourth-order valence-electron chi connectivity index (χ4n) is 1.70. The van der Waals surface area contributed by atoms with Crippen molar-refractivity contribution in [3.05, 3.63) is 40.8 Å². The zero-order valence-corrected chi connectivity index (χ0v) is 10.5. The number of rotatable bonds is 1. The summed E-state index contributed by atoms with van der Waals surface area (Å²) in [5.41, 5.74) is 7.00. The van der Waals surface area contributed by atoms with Gasteiger partial charge in [-0.2, -0.15) is 10.1 Å². The SMILES string of the molecule is Nc1nc(Cl)nc2c1cnn2-c1ccccc1Cl. The summed E-state index contributed by atoms with van der Waals surface area (Å²) in [6, 6.07) is 7.31. The molecule has 2 aromatic heterocycles. The Kier molecular flexibility index (Phi) is 2.57. The zero-order chi connectivity index (χ0) is 12.7. The second-order valence-corrected chi connectivity index (χ2v) is 4.37. The second kappa shape index (κ2) is 4.12. The molecule has 0 spiro atoms. The van der Waals surface area contributed by atoms with Gasteiger partial charge in [0.25, 0.3) is 0 Å². The average Bonchev–Trinajstić information content (AvgIpc) is 2.73. The van der Waals surface area contributed by atoms with Crippen molar-refractivity contribution in [2.45, 2.75) is 0 Å². The number of nitrogens with two attached hydrogens (primary N) is 1. The van der Waals surface area contributed by atoms with E-state index in [0.29, 0.717) is 27.6 Å². The maximum absolute atomic E-state index is 6.13. The molecule has 90 valence electrons. The van der Waals surface area contributed by atoms with Crippen molar-refractivity contribution in [3.8, 4) is 5.69 Å². The molecule has 5 nitrogen and oxygen atoms in total. The Morgan fingerprint density at radius 2 is 1.89 bits per heavy atom. The number of fused-ring (bicyclic) bond motifs is 1. The third-order valence-corrected chi connectivity index (χ3v) is 3.00. The summed E-state index contributed by atoms with van der Waals surface area (Å²) in [4.78, 5) is 8.01. The first kappa shape index (κ1) is 11.3. The molecular weight excluding hydrogens is 273 g/mol. The zero-order valence-electron chi connectivity index (χ0n) is 9.01. The molecule has 2 N–H and O–H groups in total. The molecule has 0 amide bonds. The average molecular weight is 280 g/mol. The monoisotopic (exact) mass is 279 g/mol. The Bertz CT molecular complexity index is 737. The van der Waals surface area contributed by atoms with Gasteiger partial charge >= 0.3 is 0 Å². The highest BCUT2D eigenvalue weighted by atomic mass is 35.5. The van der Waals surface area contributed by atoms with Crippen LogP contribution in [0.4, 0.5) is 5.82 Å². The third kappa shape index (κ3) is 1.68. The molecule has 0 aliphatic heterocycles. The van der Waals surface area contributed by atoms with Crippen LogP contribution in [0.5, 0.6) is 0 Å². The molecule has 0 aliphatic rings. The highest BCUT2D eigenvalue weighted by molar-refractivity contribution is 6.32. The van der Waals surface area contributed by atoms with Crippen LogP contribution < -0.4 is 5.73 Å². The molecule has 1 aromatic carbocycles. The van der Waals surface area contributed by atoms with E-state index in [0.717, 1.165) is 0 Å². The first-order valence-corrected chi connectivity index (χ1v) is 5.84. The van der Waals surface area contributed by atoms with E-state index in [1.807, 2.05) is 18.2 Å². The summed E-state index contributed by atoms with van der Waals surface area (Å²) >= 11 is 11.9. The Morgan fingerprint density at radius 3 is 2.67 bits per heavy atom. The van der Waals surface area contributed by atoms with Gasteiger partial charge in [0.15, 0.2) is 5.65 Å². The predicted octanol–water partition coefficient (Wildman–Crippen LogP) is 2.70. The highest BCUT2D eigenvalue weighted by Crippen LogP contribution is 2.25. The summed E-state index contributed by atoms with van der Waals surface area (Å²) in [5.74, 6) is 0.295. The maximum Gasteiger partial charge on any atom is 0.226 e. The van der Waals surface area contributed by atoms with Crippen molar-refractivity contribution in [2.75, 3.05) is 5.73 Å². The summed E-state index contributed by atoms with van der Waals surface area (Å²) < 4.78 is 1.58. The Morgan fingerprint density at radius 1 is 1.11 bits per heavy atom. The van der Waals surface area contributed by atoms with Gasteiger partial charge in [-0.25, -0.2) is 9.67 Å². The van der Waals surface area contributed by atoms with Gasteiger partial charge in [0, 0.05) is 0 Å². The molecule has 18 heavy (non-hydrogen) atoms. The smallest absolute Gasteiger partial charge is 0.226 e. The van der Waals surface area contributed by atoms with Crippen molar-refractivity contribution in [3.63, 3.8) is 0 Å². The van der Waals surface area contributed by atoms with Crippen molar-refractivity contribution in [1.29, 1.82) is 0 Å². The van der Waals surface area contributed by atoms with Crippen LogP contribution in [0.25, 0.3) is 16.7 Å². The van der Waals surface area contributed by atoms with Crippen molar-refractivity contribution in [1.82, 2.24) is 19.7 Å². The molecule has 3 aromatic rings. The van der Waals surface area contributed by atoms with Crippen molar-refractivity contribution < 1.29 is 0 Å². The van der Waals surface area contributed by atoms with E-state index in [4.69, 9.17) is 28.9 Å². The van der Waals surface area contributed by atoms with Gasteiger partial charge in [-0.05, 0) is 23.7 Å². The molecular formula is C11H7Cl2N5. The molecule has 0 unspecified atom stereocenters. The summed E-state index contributed by atoms with van der Waals surface area (Å²) in [6.07, 6.45) is 1.59. The van der Waals surface area contributed by atoms with E-state index in [2.05, 4.69) is 15.1 Å². The van der Waals surface area contributed by atoms with Gasteiger partial charge in [0.1, 0.15) is 5.82 Å². The van der Waals surface area contributed by atoms with E-state index in [1.165, 1.54) is 0 Å². The van der Waals surface area contributed by atoms with Crippen LogP contribution in [0, 0.1) is 0 Å². The van der Waals surface area contributed by atoms with Crippen LogP contribution in [0.3, 0.4) is 0 Å². The van der Waals surface area contributed by atoms with Crippen LogP contribution in [0.15, 0.2) is 30.5 Å². The molecule has 0 saturated carbocycles. The van der Waals surface area contributed by atoms with E-state index < -0.39 is 0 Å². The molecule has 0 bridgehead atoms. The topological polar surface area (TPSA) is 69.6 Å². The molecule has 0 aliphatic carbocycles. The molecule has 3 rings (SSSR count). The lowest BCUT2D eigenvalue weighted by Crippen LogP contribution is -2.00. The predicted molar refractivity (Wildman–Crippen MR) is 71.1 cm³/mol. The molecule has 7 heteroatoms. The Balaban J connectivity index is 2.34. The fourth-order valence-corrected chi connectivity index (χ4v) is 2.09. The second-order valence-electron chi connectivity index (χ2n) is 3.62. The van der Waals surface area contributed by atoms with Crippen LogP contribution >= 0.6 is 23.2 Å². The van der Waals surface area contributed by atoms with Crippen LogP contribution in [0.2, 0.25) is 10.3 Å². The van der Waals surface area contributed by atoms with Gasteiger partial charge in [0.2, 0.25) is 5.28 Å². The molecule has 2 heterocycles. The maximum atomic E-state index is 6.13. The summed E-state index contributed by atoms with van der Waals surface area (Å²) in [7, 11) is 0. The van der Waals surface area contributed by atoms with Crippen LogP contribution in [-0.4, -0.2) is 19.7 Å². The number of anilines is 1. The number of para-hydroxylation sites is 1. The number of halogens is 2. The quantitative estimate of drug-likeness (QED) is 0.696. The van der Waals surface area contributed by atoms with Gasteiger partial charge in [0.05, 0.1) is 22.3 Å². The fraction of sp³-hybridized carbons (Fsp3) is 0. The van der Waals surface area contributed by atoms with E-state index >= 15 is 0 Å². The summed E-state index contributed by atoms with van der Waals surface area (Å²) in [6.45, 7) is 0. The molecule has 0 atom stereocenters. The lowest BCUT2D eigenvalue weighted by Gasteiger charge is -2.05. The number of nitrogen functional groups attached to an aromatic ring is 1. The lowest BCUT2D eigenvalue weighted by atomic mass is 10.3. The lowest BCUT2D eigenvalue weighted by molar-refractivity contribution is 0.895. The third-order valence-electron chi connectivity index (χ3n) is 2.51. The minimum absolute atomic E-state index is 0.0776. The minimum Gasteiger partial charge on any atom is -0.383 e. The number of aromatic nitrogens is 4. The van der Waals surface area contributed by atoms with E-state index in [-0.39, 0.29) is 5.28 Å². The largest absolute Gasteiger partial charge is 0.383 e. The molecule has 0 fully saturated rings. The standard InChI is InChI=1S/C11H7Cl2N5/c12-7-3-1-2-4-8(7)18-10-6(5-15-18)9(14)16-11(13)17-10/h1-5H,(H2,14,16,17). The normalized spacial score (nSPS) is 11.0. The van der Waals surface area contributed by atoms with Gasteiger partial charge in [-0.1, -0.05) is 23.7 Å². The first-order chi connectivity index (χ1) is 8.66. The number of benzene rings is 1. The van der Waals surface area contributed by atoms with Crippen LogP contribution in [0.1, 0.15) is 0 Å². The van der Waals surface area contributed by atoms with E-state index in [1.54, 1.807) is 16.9 Å². The Labute approximate surface area is 112 Å². The van der Waals surface area contributed by atoms with Crippen LogP contribution in [-0.2, 0) is 0 Å². The number of nitrogens with zero attached hydrogens (tertiary/aromatic N) is 4. The summed E-state index contributed by atoms with van der Waals surface area (Å²) in [5, 5.41) is 5.50. The number of hydrogen-bond donors (Lipinski definition) is 1. The Hall–Kier alpha value is -1.85. The molecule has 0 radical (unpaired) electrons. The van der Waals surface area contributed by atoms with Gasteiger partial charge in [-0.15, -0.1) is 0 Å². The highest BCUT2D eigenvalue weighted by Gasteiger charge is 2.12. The minimum atomic E-state index is 0.0776. The van der Waals surface area contributed by atoms with Crippen molar-refractivity contribution >= 4 is 40.1 Å². The molecule has 0 saturated heterocycles. The number of hydrogen-bond acceptors (Lipinski definition) is 4. The van der Waals surface area contributed by atoms with Crippen molar-refractivity contribution in [2.24, 2.45) is 0 Å². The van der Waals surface area contributed by atoms with Gasteiger partial charge < -0.3 is 5.73 Å². The van der Waals surface area contributed by atoms with E-state index in [9.17, 15) is 0 Å². The van der Waals surface area contributed by atoms with Gasteiger partial charge in [-0.3, -0.25) is 0 Å².